The first-order valence-corrected chi connectivity index (χ1v) is 7.75. The molecule has 0 aromatic heterocycles. The molecule has 1 spiro atoms. The number of rotatable bonds is 4. The highest BCUT2D eigenvalue weighted by Gasteiger charge is 2.56. The van der Waals surface area contributed by atoms with Crippen LogP contribution in [0.3, 0.4) is 0 Å². The first-order chi connectivity index (χ1) is 8.85. The Balaban J connectivity index is 1.50. The normalized spacial score (nSPS) is 38.8. The largest absolute Gasteiger partial charge is 0.376 e. The molecule has 3 aliphatic rings. The van der Waals surface area contributed by atoms with Crippen LogP contribution >= 0.6 is 0 Å². The van der Waals surface area contributed by atoms with Crippen molar-refractivity contribution in [1.82, 2.24) is 5.32 Å². The van der Waals surface area contributed by atoms with Gasteiger partial charge in [-0.1, -0.05) is 12.8 Å². The predicted octanol–water partition coefficient (Wildman–Crippen LogP) is 2.49. The Kier molecular flexibility index (Phi) is 3.92. The molecule has 1 saturated heterocycles. The number of ether oxygens (including phenoxy) is 2. The molecule has 3 atom stereocenters. The zero-order valence-corrected chi connectivity index (χ0v) is 11.6. The summed E-state index contributed by atoms with van der Waals surface area (Å²) in [6, 6.07) is 0.692. The summed E-state index contributed by atoms with van der Waals surface area (Å²) in [5, 5.41) is 3.49. The van der Waals surface area contributed by atoms with E-state index in [2.05, 4.69) is 12.4 Å². The van der Waals surface area contributed by atoms with Gasteiger partial charge in [-0.25, -0.2) is 0 Å². The van der Waals surface area contributed by atoms with Crippen LogP contribution in [0.25, 0.3) is 0 Å². The molecule has 18 heavy (non-hydrogen) atoms. The van der Waals surface area contributed by atoms with Gasteiger partial charge in [0.25, 0.3) is 0 Å². The molecular formula is C15H27NO2. The summed E-state index contributed by atoms with van der Waals surface area (Å²) in [4.78, 5) is 0. The monoisotopic (exact) mass is 253 g/mol. The topological polar surface area (TPSA) is 30.5 Å². The Labute approximate surface area is 111 Å². The summed E-state index contributed by atoms with van der Waals surface area (Å²) in [6.07, 6.45) is 11.3. The standard InChI is InChI=1S/C15H27NO2/c1-16-13-10-14(15(13)7-3-4-8-15)18-11-12-6-2-5-9-17-12/h12-14,16H,2-11H2,1H3. The van der Waals surface area contributed by atoms with Gasteiger partial charge in [-0.15, -0.1) is 0 Å². The molecule has 3 nitrogen and oxygen atoms in total. The second-order valence-electron chi connectivity index (χ2n) is 6.33. The summed E-state index contributed by atoms with van der Waals surface area (Å²) in [7, 11) is 2.10. The van der Waals surface area contributed by atoms with E-state index in [0.717, 1.165) is 13.2 Å². The molecule has 0 amide bonds. The lowest BCUT2D eigenvalue weighted by Crippen LogP contribution is -2.62. The number of hydrogen-bond acceptors (Lipinski definition) is 3. The van der Waals surface area contributed by atoms with Crippen LogP contribution in [0.1, 0.15) is 51.4 Å². The first-order valence-electron chi connectivity index (χ1n) is 7.75. The average Bonchev–Trinajstić information content (AvgIpc) is 2.91. The molecule has 1 heterocycles. The van der Waals surface area contributed by atoms with Crippen LogP contribution in [0.15, 0.2) is 0 Å². The average molecular weight is 253 g/mol. The van der Waals surface area contributed by atoms with Crippen molar-refractivity contribution in [3.8, 4) is 0 Å². The van der Waals surface area contributed by atoms with Crippen LogP contribution in [-0.4, -0.2) is 38.5 Å². The molecule has 2 aliphatic carbocycles. The fourth-order valence-corrected chi connectivity index (χ4v) is 4.25. The van der Waals surface area contributed by atoms with Crippen LogP contribution in [0, 0.1) is 5.41 Å². The highest BCUT2D eigenvalue weighted by molar-refractivity contribution is 5.09. The molecule has 3 rings (SSSR count). The minimum atomic E-state index is 0.367. The maximum absolute atomic E-state index is 6.22. The van der Waals surface area contributed by atoms with Crippen molar-refractivity contribution in [2.24, 2.45) is 5.41 Å². The zero-order chi connectivity index (χ0) is 12.4. The molecule has 1 N–H and O–H groups in total. The van der Waals surface area contributed by atoms with Gasteiger partial charge in [-0.05, 0) is 45.6 Å². The Morgan fingerprint density at radius 2 is 2.06 bits per heavy atom. The van der Waals surface area contributed by atoms with Crippen LogP contribution in [-0.2, 0) is 9.47 Å². The minimum Gasteiger partial charge on any atom is -0.376 e. The minimum absolute atomic E-state index is 0.367. The van der Waals surface area contributed by atoms with Gasteiger partial charge < -0.3 is 14.8 Å². The Bertz CT molecular complexity index is 270. The van der Waals surface area contributed by atoms with E-state index in [0.29, 0.717) is 23.7 Å². The van der Waals surface area contributed by atoms with Gasteiger partial charge in [0.05, 0.1) is 18.8 Å². The maximum Gasteiger partial charge on any atom is 0.0808 e. The van der Waals surface area contributed by atoms with E-state index < -0.39 is 0 Å². The third-order valence-corrected chi connectivity index (χ3v) is 5.43. The third kappa shape index (κ3) is 2.21. The second-order valence-corrected chi connectivity index (χ2v) is 6.33. The van der Waals surface area contributed by atoms with E-state index in [1.54, 1.807) is 0 Å². The van der Waals surface area contributed by atoms with Crippen molar-refractivity contribution in [3.63, 3.8) is 0 Å². The van der Waals surface area contributed by atoms with Gasteiger partial charge in [0.1, 0.15) is 0 Å². The van der Waals surface area contributed by atoms with E-state index in [1.807, 2.05) is 0 Å². The lowest BCUT2D eigenvalue weighted by molar-refractivity contribution is -0.157. The van der Waals surface area contributed by atoms with Gasteiger partial charge in [0.15, 0.2) is 0 Å². The summed E-state index contributed by atoms with van der Waals surface area (Å²) >= 11 is 0. The van der Waals surface area contributed by atoms with Crippen molar-refractivity contribution >= 4 is 0 Å². The Hall–Kier alpha value is -0.120. The molecule has 1 aliphatic heterocycles. The van der Waals surface area contributed by atoms with Gasteiger partial charge in [-0.2, -0.15) is 0 Å². The lowest BCUT2D eigenvalue weighted by atomic mass is 9.60. The second kappa shape index (κ2) is 5.48. The Morgan fingerprint density at radius 3 is 2.72 bits per heavy atom. The molecule has 104 valence electrons. The van der Waals surface area contributed by atoms with Gasteiger partial charge in [0, 0.05) is 18.1 Å². The molecule has 3 unspecified atom stereocenters. The summed E-state index contributed by atoms with van der Waals surface area (Å²) in [5.41, 5.74) is 0.462. The van der Waals surface area contributed by atoms with Crippen LogP contribution in [0.4, 0.5) is 0 Å². The van der Waals surface area contributed by atoms with E-state index >= 15 is 0 Å². The number of nitrogens with one attached hydrogen (secondary N) is 1. The van der Waals surface area contributed by atoms with Crippen molar-refractivity contribution < 1.29 is 9.47 Å². The van der Waals surface area contributed by atoms with E-state index in [4.69, 9.17) is 9.47 Å². The molecule has 0 aromatic rings. The molecule has 2 saturated carbocycles. The van der Waals surface area contributed by atoms with Gasteiger partial charge in [-0.3, -0.25) is 0 Å². The number of hydrogen-bond donors (Lipinski definition) is 1. The van der Waals surface area contributed by atoms with Crippen LogP contribution in [0.2, 0.25) is 0 Å². The maximum atomic E-state index is 6.22. The summed E-state index contributed by atoms with van der Waals surface area (Å²) in [5.74, 6) is 0. The SMILES string of the molecule is CNC1CC(OCC2CCCCO2)C12CCCC2. The van der Waals surface area contributed by atoms with E-state index in [9.17, 15) is 0 Å². The quantitative estimate of drug-likeness (QED) is 0.835. The van der Waals surface area contributed by atoms with Crippen LogP contribution in [0.5, 0.6) is 0 Å². The first kappa shape index (κ1) is 12.9. The predicted molar refractivity (Wildman–Crippen MR) is 71.7 cm³/mol. The van der Waals surface area contributed by atoms with Crippen LogP contribution < -0.4 is 5.32 Å². The molecule has 0 bridgehead atoms. The zero-order valence-electron chi connectivity index (χ0n) is 11.6. The molecule has 3 fully saturated rings. The fraction of sp³-hybridized carbons (Fsp3) is 1.00. The molecule has 3 heteroatoms. The molecule has 0 aromatic carbocycles. The molecular weight excluding hydrogens is 226 g/mol. The molecule has 0 radical (unpaired) electrons. The highest BCUT2D eigenvalue weighted by atomic mass is 16.5. The van der Waals surface area contributed by atoms with Crippen molar-refractivity contribution in [2.75, 3.05) is 20.3 Å². The fourth-order valence-electron chi connectivity index (χ4n) is 4.25. The van der Waals surface area contributed by atoms with Crippen molar-refractivity contribution in [3.05, 3.63) is 0 Å². The van der Waals surface area contributed by atoms with E-state index in [1.165, 1.54) is 51.4 Å². The van der Waals surface area contributed by atoms with Crippen molar-refractivity contribution in [2.45, 2.75) is 69.6 Å². The van der Waals surface area contributed by atoms with Gasteiger partial charge >= 0.3 is 0 Å². The Morgan fingerprint density at radius 1 is 1.22 bits per heavy atom. The summed E-state index contributed by atoms with van der Waals surface area (Å²) < 4.78 is 12.0. The smallest absolute Gasteiger partial charge is 0.0808 e. The van der Waals surface area contributed by atoms with E-state index in [-0.39, 0.29) is 0 Å². The van der Waals surface area contributed by atoms with Gasteiger partial charge in [0.2, 0.25) is 0 Å². The third-order valence-electron chi connectivity index (χ3n) is 5.43. The van der Waals surface area contributed by atoms with Crippen molar-refractivity contribution in [1.29, 1.82) is 0 Å². The lowest BCUT2D eigenvalue weighted by Gasteiger charge is -2.54. The highest BCUT2D eigenvalue weighted by Crippen LogP contribution is 2.54. The summed E-state index contributed by atoms with van der Waals surface area (Å²) in [6.45, 7) is 1.76.